The highest BCUT2D eigenvalue weighted by molar-refractivity contribution is 8.00. The van der Waals surface area contributed by atoms with Gasteiger partial charge in [-0.25, -0.2) is 0 Å². The van der Waals surface area contributed by atoms with E-state index >= 15 is 0 Å². The predicted octanol–water partition coefficient (Wildman–Crippen LogP) is 3.30. The molecular weight excluding hydrogens is 390 g/mol. The summed E-state index contributed by atoms with van der Waals surface area (Å²) in [7, 11) is 1.92. The minimum Gasteiger partial charge on any atom is -0.319 e. The third-order valence-corrected chi connectivity index (χ3v) is 6.82. The Balaban J connectivity index is 1.38. The third kappa shape index (κ3) is 3.77. The van der Waals surface area contributed by atoms with E-state index in [1.165, 1.54) is 34.2 Å². The second kappa shape index (κ2) is 7.93. The minimum absolute atomic E-state index is 0.0469. The normalized spacial score (nSPS) is 13.9. The van der Waals surface area contributed by atoms with Gasteiger partial charge in [0.25, 0.3) is 5.91 Å². The predicted molar refractivity (Wildman–Crippen MR) is 116 cm³/mol. The number of anilines is 1. The van der Waals surface area contributed by atoms with E-state index in [0.717, 1.165) is 22.3 Å². The molecule has 0 atom stereocenters. The Labute approximate surface area is 171 Å². The Morgan fingerprint density at radius 1 is 1.18 bits per heavy atom. The van der Waals surface area contributed by atoms with E-state index in [9.17, 15) is 9.59 Å². The minimum atomic E-state index is -0.210. The molecule has 4 rings (SSSR count). The van der Waals surface area contributed by atoms with Crippen LogP contribution in [0.5, 0.6) is 0 Å². The molecule has 7 heteroatoms. The Morgan fingerprint density at radius 2 is 2.00 bits per heavy atom. The molecular formula is C21H21N3O2S2. The van der Waals surface area contributed by atoms with Gasteiger partial charge in [0, 0.05) is 19.3 Å². The van der Waals surface area contributed by atoms with E-state index in [-0.39, 0.29) is 23.3 Å². The quantitative estimate of drug-likeness (QED) is 0.662. The third-order valence-electron chi connectivity index (χ3n) is 4.82. The van der Waals surface area contributed by atoms with Gasteiger partial charge in [0.15, 0.2) is 4.80 Å². The summed E-state index contributed by atoms with van der Waals surface area (Å²) < 4.78 is 3.05. The first-order chi connectivity index (χ1) is 13.5. The summed E-state index contributed by atoms with van der Waals surface area (Å²) in [6, 6.07) is 14.2. The van der Waals surface area contributed by atoms with Gasteiger partial charge in [-0.2, -0.15) is 4.99 Å². The van der Waals surface area contributed by atoms with E-state index < -0.39 is 0 Å². The van der Waals surface area contributed by atoms with Gasteiger partial charge >= 0.3 is 0 Å². The first kappa shape index (κ1) is 19.0. The first-order valence-electron chi connectivity index (χ1n) is 9.12. The molecule has 0 radical (unpaired) electrons. The highest BCUT2D eigenvalue weighted by Crippen LogP contribution is 2.28. The lowest BCUT2D eigenvalue weighted by molar-refractivity contribution is -0.116. The second-order valence-corrected chi connectivity index (χ2v) is 8.83. The molecule has 2 aromatic carbocycles. The van der Waals surface area contributed by atoms with Crippen LogP contribution in [-0.4, -0.2) is 34.4 Å². The number of amides is 2. The van der Waals surface area contributed by atoms with Gasteiger partial charge < -0.3 is 9.47 Å². The van der Waals surface area contributed by atoms with Crippen LogP contribution in [0.3, 0.4) is 0 Å². The first-order valence-corrected chi connectivity index (χ1v) is 11.1. The average molecular weight is 412 g/mol. The fourth-order valence-electron chi connectivity index (χ4n) is 3.39. The van der Waals surface area contributed by atoms with Crippen molar-refractivity contribution >= 4 is 50.8 Å². The molecule has 0 spiro atoms. The number of carbonyl (C=O) groups is 2. The standard InChI is InChI=1S/C21H21N3O2S2/c1-14-7-8-17-18(11-14)28-21(23(17)2)22-19(25)12-27-13-20(26)24-10-9-15-5-3-4-6-16(15)24/h3-8,11H,9-10,12-13H2,1-2H3. The van der Waals surface area contributed by atoms with Crippen molar-refractivity contribution < 1.29 is 9.59 Å². The summed E-state index contributed by atoms with van der Waals surface area (Å²) in [6.45, 7) is 2.77. The Morgan fingerprint density at radius 3 is 2.86 bits per heavy atom. The molecule has 0 unspecified atom stereocenters. The summed E-state index contributed by atoms with van der Waals surface area (Å²) >= 11 is 2.84. The number of thioether (sulfide) groups is 1. The van der Waals surface area contributed by atoms with E-state index in [4.69, 9.17) is 0 Å². The molecule has 0 saturated heterocycles. The summed E-state index contributed by atoms with van der Waals surface area (Å²) in [5.74, 6) is 0.325. The number of nitrogens with zero attached hydrogens (tertiary/aromatic N) is 3. The van der Waals surface area contributed by atoms with Crippen molar-refractivity contribution in [2.75, 3.05) is 23.0 Å². The Bertz CT molecular complexity index is 1130. The molecule has 1 aromatic heterocycles. The number of benzene rings is 2. The average Bonchev–Trinajstić information content (AvgIpc) is 3.23. The molecule has 1 aliphatic heterocycles. The lowest BCUT2D eigenvalue weighted by Gasteiger charge is -2.16. The maximum Gasteiger partial charge on any atom is 0.258 e. The van der Waals surface area contributed by atoms with Gasteiger partial charge in [-0.15, -0.1) is 11.8 Å². The van der Waals surface area contributed by atoms with Crippen LogP contribution >= 0.6 is 23.1 Å². The van der Waals surface area contributed by atoms with Crippen LogP contribution in [0.15, 0.2) is 47.5 Å². The summed E-state index contributed by atoms with van der Waals surface area (Å²) in [5.41, 5.74) is 4.46. The monoisotopic (exact) mass is 411 g/mol. The number of thiazole rings is 1. The molecule has 0 aliphatic carbocycles. The summed E-state index contributed by atoms with van der Waals surface area (Å²) in [5, 5.41) is 0. The lowest BCUT2D eigenvalue weighted by Crippen LogP contribution is -2.30. The lowest BCUT2D eigenvalue weighted by atomic mass is 10.2. The van der Waals surface area contributed by atoms with Crippen molar-refractivity contribution in [3.8, 4) is 0 Å². The van der Waals surface area contributed by atoms with Crippen LogP contribution in [0.25, 0.3) is 10.2 Å². The van der Waals surface area contributed by atoms with Crippen molar-refractivity contribution in [3.05, 3.63) is 58.4 Å². The van der Waals surface area contributed by atoms with Crippen molar-refractivity contribution in [1.82, 2.24) is 4.57 Å². The van der Waals surface area contributed by atoms with E-state index in [1.807, 2.05) is 47.7 Å². The Kier molecular flexibility index (Phi) is 5.37. The molecule has 3 aromatic rings. The fraction of sp³-hybridized carbons (Fsp3) is 0.286. The van der Waals surface area contributed by atoms with Crippen LogP contribution < -0.4 is 9.70 Å². The maximum absolute atomic E-state index is 12.5. The highest BCUT2D eigenvalue weighted by atomic mass is 32.2. The van der Waals surface area contributed by atoms with Crippen LogP contribution in [0, 0.1) is 6.92 Å². The number of rotatable bonds is 4. The number of para-hydroxylation sites is 1. The second-order valence-electron chi connectivity index (χ2n) is 6.84. The van der Waals surface area contributed by atoms with E-state index in [2.05, 4.69) is 23.2 Å². The van der Waals surface area contributed by atoms with Gasteiger partial charge in [0.1, 0.15) is 0 Å². The van der Waals surface area contributed by atoms with Crippen LogP contribution in [0.2, 0.25) is 0 Å². The van der Waals surface area contributed by atoms with Crippen molar-refractivity contribution in [3.63, 3.8) is 0 Å². The van der Waals surface area contributed by atoms with Crippen LogP contribution in [0.1, 0.15) is 11.1 Å². The van der Waals surface area contributed by atoms with Crippen LogP contribution in [0.4, 0.5) is 5.69 Å². The zero-order valence-corrected chi connectivity index (χ0v) is 17.5. The van der Waals surface area contributed by atoms with Crippen molar-refractivity contribution in [1.29, 1.82) is 0 Å². The zero-order chi connectivity index (χ0) is 19.7. The van der Waals surface area contributed by atoms with Gasteiger partial charge in [0.2, 0.25) is 5.91 Å². The molecule has 28 heavy (non-hydrogen) atoms. The van der Waals surface area contributed by atoms with Gasteiger partial charge in [-0.1, -0.05) is 35.6 Å². The van der Waals surface area contributed by atoms with Gasteiger partial charge in [-0.3, -0.25) is 9.59 Å². The number of hydrogen-bond donors (Lipinski definition) is 0. The van der Waals surface area contributed by atoms with Crippen molar-refractivity contribution in [2.24, 2.45) is 12.0 Å². The van der Waals surface area contributed by atoms with Gasteiger partial charge in [0.05, 0.1) is 21.7 Å². The molecule has 144 valence electrons. The summed E-state index contributed by atoms with van der Waals surface area (Å²) in [6.07, 6.45) is 0.892. The molecule has 0 bridgehead atoms. The number of carbonyl (C=O) groups excluding carboxylic acids is 2. The number of fused-ring (bicyclic) bond motifs is 2. The highest BCUT2D eigenvalue weighted by Gasteiger charge is 2.23. The molecule has 5 nitrogen and oxygen atoms in total. The molecule has 0 fully saturated rings. The topological polar surface area (TPSA) is 54.7 Å². The summed E-state index contributed by atoms with van der Waals surface area (Å²) in [4.78, 5) is 31.6. The van der Waals surface area contributed by atoms with Crippen molar-refractivity contribution in [2.45, 2.75) is 13.3 Å². The SMILES string of the molecule is Cc1ccc2c(c1)sc(=NC(=O)CSCC(=O)N1CCc3ccccc31)n2C. The van der Waals surface area contributed by atoms with E-state index in [0.29, 0.717) is 11.3 Å². The maximum atomic E-state index is 12.5. The van der Waals surface area contributed by atoms with Gasteiger partial charge in [-0.05, 0) is 42.7 Å². The largest absolute Gasteiger partial charge is 0.319 e. The molecule has 1 aliphatic rings. The van der Waals surface area contributed by atoms with E-state index in [1.54, 1.807) is 0 Å². The molecule has 2 heterocycles. The fourth-order valence-corrected chi connectivity index (χ4v) is 5.19. The van der Waals surface area contributed by atoms with Crippen LogP contribution in [-0.2, 0) is 23.1 Å². The smallest absolute Gasteiger partial charge is 0.258 e. The molecule has 0 N–H and O–H groups in total. The molecule has 0 saturated carbocycles. The Hall–Kier alpha value is -2.38. The molecule has 2 amide bonds. The zero-order valence-electron chi connectivity index (χ0n) is 15.8. The number of hydrogen-bond acceptors (Lipinski definition) is 4. The number of aromatic nitrogens is 1. The number of aryl methyl sites for hydroxylation is 2.